The molecule has 23 heavy (non-hydrogen) atoms. The van der Waals surface area contributed by atoms with Gasteiger partial charge in [-0.05, 0) is 37.1 Å². The Bertz CT molecular complexity index is 779. The maximum Gasteiger partial charge on any atom is 0.318 e. The molecule has 3 rings (SSSR count). The zero-order valence-corrected chi connectivity index (χ0v) is 12.9. The van der Waals surface area contributed by atoms with E-state index < -0.39 is 29.4 Å². The van der Waals surface area contributed by atoms with Gasteiger partial charge in [-0.1, -0.05) is 30.3 Å². The molecule has 1 heterocycles. The molecule has 0 saturated carbocycles. The van der Waals surface area contributed by atoms with Crippen LogP contribution in [0.1, 0.15) is 31.7 Å². The van der Waals surface area contributed by atoms with Crippen LogP contribution in [0.25, 0.3) is 10.8 Å². The van der Waals surface area contributed by atoms with Crippen LogP contribution in [0, 0.1) is 5.92 Å². The number of hydrogen-bond donors (Lipinski definition) is 2. The number of fused-ring (bicyclic) bond motifs is 3. The maximum absolute atomic E-state index is 11.6. The van der Waals surface area contributed by atoms with E-state index in [1.807, 2.05) is 44.2 Å². The third-order valence-corrected chi connectivity index (χ3v) is 4.33. The number of carbonyl (C=O) groups is 2. The fraction of sp³-hybridized carbons (Fsp3) is 0.333. The fourth-order valence-electron chi connectivity index (χ4n) is 3.45. The zero-order chi connectivity index (χ0) is 16.8. The highest BCUT2D eigenvalue weighted by molar-refractivity contribution is 5.96. The molecule has 1 aliphatic heterocycles. The minimum absolute atomic E-state index is 0.331. The van der Waals surface area contributed by atoms with E-state index in [9.17, 15) is 19.8 Å². The maximum atomic E-state index is 11.6. The lowest BCUT2D eigenvalue weighted by molar-refractivity contribution is -0.156. The lowest BCUT2D eigenvalue weighted by atomic mass is 9.75. The van der Waals surface area contributed by atoms with Crippen molar-refractivity contribution in [3.8, 4) is 5.75 Å². The van der Waals surface area contributed by atoms with E-state index >= 15 is 0 Å². The normalized spacial score (nSPS) is 19.2. The van der Waals surface area contributed by atoms with Crippen LogP contribution >= 0.6 is 0 Å². The molecule has 0 amide bonds. The standard InChI is InChI=1S/C18H18O5/c1-18(2)9-12(15(16(19)20)17(21)22)14-11-6-4-3-5-10(11)7-8-13(14)23-18/h3-8,12,15H,9H2,1-2H3,(H,19,20)(H,21,22). The first-order valence-electron chi connectivity index (χ1n) is 7.46. The molecule has 120 valence electrons. The molecule has 0 aliphatic carbocycles. The predicted octanol–water partition coefficient (Wildman–Crippen LogP) is 3.27. The summed E-state index contributed by atoms with van der Waals surface area (Å²) in [5, 5.41) is 20.7. The van der Waals surface area contributed by atoms with Crippen molar-refractivity contribution in [3.63, 3.8) is 0 Å². The summed E-state index contributed by atoms with van der Waals surface area (Å²) in [4.78, 5) is 23.2. The number of carboxylic acids is 2. The molecule has 0 bridgehead atoms. The second-order valence-electron chi connectivity index (χ2n) is 6.53. The van der Waals surface area contributed by atoms with Gasteiger partial charge in [0.15, 0.2) is 5.92 Å². The third kappa shape index (κ3) is 2.63. The van der Waals surface area contributed by atoms with E-state index in [1.165, 1.54) is 0 Å². The molecule has 0 saturated heterocycles. The Morgan fingerprint density at radius 2 is 1.78 bits per heavy atom. The first kappa shape index (κ1) is 15.3. The minimum Gasteiger partial charge on any atom is -0.488 e. The van der Waals surface area contributed by atoms with E-state index in [0.29, 0.717) is 17.7 Å². The summed E-state index contributed by atoms with van der Waals surface area (Å²) < 4.78 is 5.98. The molecule has 1 unspecified atom stereocenters. The summed E-state index contributed by atoms with van der Waals surface area (Å²) in [6.45, 7) is 3.69. The van der Waals surface area contributed by atoms with Crippen LogP contribution in [0.4, 0.5) is 0 Å². The Hall–Kier alpha value is -2.56. The van der Waals surface area contributed by atoms with Crippen molar-refractivity contribution in [1.29, 1.82) is 0 Å². The smallest absolute Gasteiger partial charge is 0.318 e. The summed E-state index contributed by atoms with van der Waals surface area (Å²) >= 11 is 0. The summed E-state index contributed by atoms with van der Waals surface area (Å²) in [5.74, 6) is -4.21. The Balaban J connectivity index is 2.27. The molecule has 2 N–H and O–H groups in total. The lowest BCUT2D eigenvalue weighted by Gasteiger charge is -2.39. The molecule has 0 spiro atoms. The number of ether oxygens (including phenoxy) is 1. The van der Waals surface area contributed by atoms with Gasteiger partial charge in [0.1, 0.15) is 11.4 Å². The van der Waals surface area contributed by atoms with Gasteiger partial charge in [-0.25, -0.2) is 0 Å². The Morgan fingerprint density at radius 3 is 2.43 bits per heavy atom. The molecule has 2 aromatic carbocycles. The van der Waals surface area contributed by atoms with Gasteiger partial charge in [0.25, 0.3) is 0 Å². The average molecular weight is 314 g/mol. The van der Waals surface area contributed by atoms with Crippen LogP contribution in [-0.4, -0.2) is 27.8 Å². The largest absolute Gasteiger partial charge is 0.488 e. The van der Waals surface area contributed by atoms with Gasteiger partial charge in [-0.15, -0.1) is 0 Å². The first-order valence-corrected chi connectivity index (χ1v) is 7.46. The van der Waals surface area contributed by atoms with Gasteiger partial charge in [0.05, 0.1) is 0 Å². The van der Waals surface area contributed by atoms with Crippen LogP contribution in [-0.2, 0) is 9.59 Å². The van der Waals surface area contributed by atoms with Crippen LogP contribution in [0.15, 0.2) is 36.4 Å². The van der Waals surface area contributed by atoms with Gasteiger partial charge in [-0.2, -0.15) is 0 Å². The highest BCUT2D eigenvalue weighted by Gasteiger charge is 2.44. The van der Waals surface area contributed by atoms with E-state index in [0.717, 1.165) is 10.8 Å². The number of hydrogen-bond acceptors (Lipinski definition) is 3. The van der Waals surface area contributed by atoms with Crippen molar-refractivity contribution < 1.29 is 24.5 Å². The van der Waals surface area contributed by atoms with E-state index in [4.69, 9.17) is 4.74 Å². The second kappa shape index (κ2) is 5.26. The Labute approximate surface area is 133 Å². The summed E-state index contributed by atoms with van der Waals surface area (Å²) in [6, 6.07) is 11.3. The van der Waals surface area contributed by atoms with E-state index in [-0.39, 0.29) is 0 Å². The number of carboxylic acid groups (broad SMARTS) is 2. The molecule has 0 radical (unpaired) electrons. The zero-order valence-electron chi connectivity index (χ0n) is 12.9. The topological polar surface area (TPSA) is 83.8 Å². The van der Waals surface area contributed by atoms with E-state index in [2.05, 4.69) is 0 Å². The fourth-order valence-corrected chi connectivity index (χ4v) is 3.45. The minimum atomic E-state index is -1.50. The Morgan fingerprint density at radius 1 is 1.13 bits per heavy atom. The average Bonchev–Trinajstić information content (AvgIpc) is 2.44. The van der Waals surface area contributed by atoms with Crippen molar-refractivity contribution in [2.75, 3.05) is 0 Å². The summed E-state index contributed by atoms with van der Waals surface area (Å²) in [6.07, 6.45) is 0.331. The summed E-state index contributed by atoms with van der Waals surface area (Å²) in [5.41, 5.74) is 0.0562. The van der Waals surface area contributed by atoms with Crippen LogP contribution in [0.2, 0.25) is 0 Å². The molecule has 1 atom stereocenters. The van der Waals surface area contributed by atoms with Gasteiger partial charge in [0, 0.05) is 11.5 Å². The number of aliphatic carboxylic acids is 2. The highest BCUT2D eigenvalue weighted by atomic mass is 16.5. The second-order valence-corrected chi connectivity index (χ2v) is 6.53. The molecule has 2 aromatic rings. The van der Waals surface area contributed by atoms with Crippen molar-refractivity contribution >= 4 is 22.7 Å². The summed E-state index contributed by atoms with van der Waals surface area (Å²) in [7, 11) is 0. The molecule has 0 fully saturated rings. The van der Waals surface area contributed by atoms with Crippen molar-refractivity contribution in [2.45, 2.75) is 31.8 Å². The van der Waals surface area contributed by atoms with Crippen molar-refractivity contribution in [3.05, 3.63) is 42.0 Å². The molecule has 5 nitrogen and oxygen atoms in total. The molecule has 0 aromatic heterocycles. The van der Waals surface area contributed by atoms with Crippen molar-refractivity contribution in [1.82, 2.24) is 0 Å². The predicted molar refractivity (Wildman–Crippen MR) is 84.8 cm³/mol. The highest BCUT2D eigenvalue weighted by Crippen LogP contribution is 2.47. The molecular weight excluding hydrogens is 296 g/mol. The van der Waals surface area contributed by atoms with Crippen LogP contribution in [0.5, 0.6) is 5.75 Å². The van der Waals surface area contributed by atoms with Crippen molar-refractivity contribution in [2.24, 2.45) is 5.92 Å². The van der Waals surface area contributed by atoms with Gasteiger partial charge in [0.2, 0.25) is 0 Å². The molecule has 1 aliphatic rings. The first-order chi connectivity index (χ1) is 10.8. The third-order valence-electron chi connectivity index (χ3n) is 4.33. The molecular formula is C18H18O5. The molecule has 5 heteroatoms. The number of rotatable bonds is 3. The van der Waals surface area contributed by atoms with Crippen LogP contribution in [0.3, 0.4) is 0 Å². The monoisotopic (exact) mass is 314 g/mol. The lowest BCUT2D eigenvalue weighted by Crippen LogP contribution is -2.41. The van der Waals surface area contributed by atoms with Gasteiger partial charge in [-0.3, -0.25) is 9.59 Å². The van der Waals surface area contributed by atoms with Gasteiger partial charge < -0.3 is 14.9 Å². The SMILES string of the molecule is CC1(C)CC(C(C(=O)O)C(=O)O)c2c(ccc3ccccc23)O1. The van der Waals surface area contributed by atoms with Gasteiger partial charge >= 0.3 is 11.9 Å². The Kier molecular flexibility index (Phi) is 3.51. The number of benzene rings is 2. The van der Waals surface area contributed by atoms with E-state index in [1.54, 1.807) is 6.07 Å². The quantitative estimate of drug-likeness (QED) is 0.849. The van der Waals surface area contributed by atoms with Crippen LogP contribution < -0.4 is 4.74 Å².